The van der Waals surface area contributed by atoms with Crippen molar-refractivity contribution in [3.05, 3.63) is 22.8 Å². The van der Waals surface area contributed by atoms with Crippen LogP contribution < -0.4 is 10.6 Å². The predicted molar refractivity (Wildman–Crippen MR) is 66.0 cm³/mol. The van der Waals surface area contributed by atoms with Crippen LogP contribution >= 0.6 is 11.6 Å². The molecule has 0 atom stereocenters. The molecule has 4 nitrogen and oxygen atoms in total. The van der Waals surface area contributed by atoms with Crippen LogP contribution in [-0.2, 0) is 0 Å². The summed E-state index contributed by atoms with van der Waals surface area (Å²) in [5, 5.41) is 6.18. The lowest BCUT2D eigenvalue weighted by molar-refractivity contribution is 0.0956. The van der Waals surface area contributed by atoms with Gasteiger partial charge in [-0.05, 0) is 19.4 Å². The smallest absolute Gasteiger partial charge is 0.252 e. The van der Waals surface area contributed by atoms with E-state index in [4.69, 9.17) is 11.6 Å². The summed E-state index contributed by atoms with van der Waals surface area (Å²) in [6.45, 7) is 5.33. The molecule has 0 aliphatic rings. The topological polar surface area (TPSA) is 54.0 Å². The highest BCUT2D eigenvalue weighted by molar-refractivity contribution is 6.33. The second kappa shape index (κ2) is 6.33. The summed E-state index contributed by atoms with van der Waals surface area (Å²) < 4.78 is 0. The van der Waals surface area contributed by atoms with Crippen LogP contribution in [-0.4, -0.2) is 24.0 Å². The Bertz CT molecular complexity index is 368. The Kier molecular flexibility index (Phi) is 5.05. The van der Waals surface area contributed by atoms with Gasteiger partial charge in [0.25, 0.3) is 5.91 Å². The van der Waals surface area contributed by atoms with E-state index >= 15 is 0 Å². The fraction of sp³-hybridized carbons (Fsp3) is 0.455. The van der Waals surface area contributed by atoms with Crippen molar-refractivity contribution in [2.75, 3.05) is 18.4 Å². The van der Waals surface area contributed by atoms with Crippen molar-refractivity contribution in [2.45, 2.75) is 20.3 Å². The van der Waals surface area contributed by atoms with Crippen molar-refractivity contribution in [1.29, 1.82) is 0 Å². The molecule has 0 aliphatic carbocycles. The Labute approximate surface area is 100 Å². The van der Waals surface area contributed by atoms with E-state index in [1.54, 1.807) is 6.07 Å². The number of hydrogen-bond donors (Lipinski definition) is 2. The average molecular weight is 242 g/mol. The molecule has 1 heterocycles. The van der Waals surface area contributed by atoms with Crippen LogP contribution in [0.5, 0.6) is 0 Å². The van der Waals surface area contributed by atoms with Crippen molar-refractivity contribution in [1.82, 2.24) is 10.3 Å². The molecule has 0 spiro atoms. The van der Waals surface area contributed by atoms with Crippen molar-refractivity contribution >= 4 is 23.3 Å². The van der Waals surface area contributed by atoms with Gasteiger partial charge in [-0.1, -0.05) is 18.5 Å². The third kappa shape index (κ3) is 3.38. The summed E-state index contributed by atoms with van der Waals surface area (Å²) in [5.74, 6) is 0.502. The molecule has 0 saturated carbocycles. The SMILES string of the molecule is CCCNc1cc(C(=O)NCC)c(Cl)cn1. The van der Waals surface area contributed by atoms with Crippen LogP contribution in [0.25, 0.3) is 0 Å². The minimum absolute atomic E-state index is 0.172. The Balaban J connectivity index is 2.85. The molecule has 88 valence electrons. The Morgan fingerprint density at radius 2 is 2.25 bits per heavy atom. The number of anilines is 1. The summed E-state index contributed by atoms with van der Waals surface area (Å²) >= 11 is 5.91. The van der Waals surface area contributed by atoms with Gasteiger partial charge in [-0.2, -0.15) is 0 Å². The molecule has 1 aromatic rings. The third-order valence-electron chi connectivity index (χ3n) is 1.99. The summed E-state index contributed by atoms with van der Waals surface area (Å²) in [4.78, 5) is 15.7. The molecule has 16 heavy (non-hydrogen) atoms. The lowest BCUT2D eigenvalue weighted by Gasteiger charge is -2.08. The number of pyridine rings is 1. The van der Waals surface area contributed by atoms with Crippen molar-refractivity contribution in [2.24, 2.45) is 0 Å². The number of nitrogens with zero attached hydrogens (tertiary/aromatic N) is 1. The first-order valence-corrected chi connectivity index (χ1v) is 5.74. The van der Waals surface area contributed by atoms with E-state index in [2.05, 4.69) is 22.5 Å². The van der Waals surface area contributed by atoms with Gasteiger partial charge in [-0.25, -0.2) is 4.98 Å². The lowest BCUT2D eigenvalue weighted by Crippen LogP contribution is -2.23. The normalized spacial score (nSPS) is 9.94. The van der Waals surface area contributed by atoms with E-state index in [9.17, 15) is 4.79 Å². The molecule has 0 radical (unpaired) electrons. The average Bonchev–Trinajstić information content (AvgIpc) is 2.28. The van der Waals surface area contributed by atoms with E-state index in [0.29, 0.717) is 22.9 Å². The van der Waals surface area contributed by atoms with Gasteiger partial charge < -0.3 is 10.6 Å². The number of nitrogens with one attached hydrogen (secondary N) is 2. The largest absolute Gasteiger partial charge is 0.370 e. The van der Waals surface area contributed by atoms with Crippen LogP contribution in [0.3, 0.4) is 0 Å². The van der Waals surface area contributed by atoms with E-state index in [1.165, 1.54) is 6.20 Å². The fourth-order valence-electron chi connectivity index (χ4n) is 1.22. The standard InChI is InChI=1S/C11H16ClN3O/c1-3-5-14-10-6-8(9(12)7-15-10)11(16)13-4-2/h6-7H,3-5H2,1-2H3,(H,13,16)(H,14,15). The van der Waals surface area contributed by atoms with Gasteiger partial charge in [0.1, 0.15) is 5.82 Å². The molecule has 1 rings (SSSR count). The second-order valence-electron chi connectivity index (χ2n) is 3.34. The molecule has 0 unspecified atom stereocenters. The number of halogens is 1. The second-order valence-corrected chi connectivity index (χ2v) is 3.74. The minimum Gasteiger partial charge on any atom is -0.370 e. The maximum Gasteiger partial charge on any atom is 0.252 e. The van der Waals surface area contributed by atoms with Crippen LogP contribution in [0.2, 0.25) is 5.02 Å². The Morgan fingerprint density at radius 3 is 2.88 bits per heavy atom. The van der Waals surface area contributed by atoms with Crippen LogP contribution in [0.4, 0.5) is 5.82 Å². The van der Waals surface area contributed by atoms with Gasteiger partial charge in [0.2, 0.25) is 0 Å². The highest BCUT2D eigenvalue weighted by atomic mass is 35.5. The predicted octanol–water partition coefficient (Wildman–Crippen LogP) is 2.31. The van der Waals surface area contributed by atoms with Crippen LogP contribution in [0, 0.1) is 0 Å². The van der Waals surface area contributed by atoms with E-state index in [1.807, 2.05) is 6.92 Å². The molecular formula is C11H16ClN3O. The zero-order valence-corrected chi connectivity index (χ0v) is 10.3. The highest BCUT2D eigenvalue weighted by Gasteiger charge is 2.10. The number of rotatable bonds is 5. The first-order chi connectivity index (χ1) is 7.69. The number of carbonyl (C=O) groups excluding carboxylic acids is 1. The summed E-state index contributed by atoms with van der Waals surface area (Å²) in [6, 6.07) is 1.67. The molecule has 0 aromatic carbocycles. The van der Waals surface area contributed by atoms with Crippen LogP contribution in [0.15, 0.2) is 12.3 Å². The minimum atomic E-state index is -0.172. The maximum absolute atomic E-state index is 11.6. The number of amides is 1. The van der Waals surface area contributed by atoms with Gasteiger partial charge in [0, 0.05) is 19.3 Å². The summed E-state index contributed by atoms with van der Waals surface area (Å²) in [7, 11) is 0. The Morgan fingerprint density at radius 1 is 1.50 bits per heavy atom. The number of aromatic nitrogens is 1. The summed E-state index contributed by atoms with van der Waals surface area (Å²) in [5.41, 5.74) is 0.456. The molecule has 0 aliphatic heterocycles. The fourth-order valence-corrected chi connectivity index (χ4v) is 1.41. The van der Waals surface area contributed by atoms with Crippen molar-refractivity contribution in [3.63, 3.8) is 0 Å². The molecule has 1 aromatic heterocycles. The molecule has 1 amide bonds. The van der Waals surface area contributed by atoms with Gasteiger partial charge in [0.05, 0.1) is 10.6 Å². The van der Waals surface area contributed by atoms with E-state index in [-0.39, 0.29) is 5.91 Å². The first kappa shape index (κ1) is 12.8. The van der Waals surface area contributed by atoms with Gasteiger partial charge in [0.15, 0.2) is 0 Å². The molecular weight excluding hydrogens is 226 g/mol. The monoisotopic (exact) mass is 241 g/mol. The van der Waals surface area contributed by atoms with Gasteiger partial charge in [-0.3, -0.25) is 4.79 Å². The lowest BCUT2D eigenvalue weighted by atomic mass is 10.2. The Hall–Kier alpha value is -1.29. The van der Waals surface area contributed by atoms with Gasteiger partial charge in [-0.15, -0.1) is 0 Å². The number of carbonyl (C=O) groups is 1. The van der Waals surface area contributed by atoms with Crippen LogP contribution in [0.1, 0.15) is 30.6 Å². The third-order valence-corrected chi connectivity index (χ3v) is 2.29. The van der Waals surface area contributed by atoms with Crippen molar-refractivity contribution in [3.8, 4) is 0 Å². The summed E-state index contributed by atoms with van der Waals surface area (Å²) in [6.07, 6.45) is 2.49. The first-order valence-electron chi connectivity index (χ1n) is 5.36. The quantitative estimate of drug-likeness (QED) is 0.832. The maximum atomic E-state index is 11.6. The molecule has 0 fully saturated rings. The highest BCUT2D eigenvalue weighted by Crippen LogP contribution is 2.17. The zero-order valence-electron chi connectivity index (χ0n) is 9.51. The van der Waals surface area contributed by atoms with Crippen molar-refractivity contribution < 1.29 is 4.79 Å². The zero-order chi connectivity index (χ0) is 12.0. The van der Waals surface area contributed by atoms with E-state index < -0.39 is 0 Å². The molecule has 0 bridgehead atoms. The molecule has 2 N–H and O–H groups in total. The molecule has 0 saturated heterocycles. The number of hydrogen-bond acceptors (Lipinski definition) is 3. The van der Waals surface area contributed by atoms with E-state index in [0.717, 1.165) is 13.0 Å². The molecule has 5 heteroatoms. The van der Waals surface area contributed by atoms with Gasteiger partial charge >= 0.3 is 0 Å².